The summed E-state index contributed by atoms with van der Waals surface area (Å²) < 4.78 is 7.40. The van der Waals surface area contributed by atoms with E-state index in [2.05, 4.69) is 35.0 Å². The van der Waals surface area contributed by atoms with E-state index in [0.29, 0.717) is 5.92 Å². The molecule has 1 aromatic carbocycles. The van der Waals surface area contributed by atoms with Gasteiger partial charge in [0, 0.05) is 22.5 Å². The third kappa shape index (κ3) is 1.80. The second kappa shape index (κ2) is 3.99. The molecule has 1 saturated carbocycles. The number of hydrogen-bond donors (Lipinski definition) is 1. The molecule has 1 fully saturated rings. The molecule has 0 saturated heterocycles. The van der Waals surface area contributed by atoms with Gasteiger partial charge in [0.25, 0.3) is 0 Å². The van der Waals surface area contributed by atoms with Gasteiger partial charge in [0.05, 0.1) is 0 Å². The van der Waals surface area contributed by atoms with Gasteiger partial charge in [0.15, 0.2) is 0 Å². The van der Waals surface area contributed by atoms with Gasteiger partial charge in [-0.1, -0.05) is 28.9 Å². The molecule has 1 aliphatic heterocycles. The van der Waals surface area contributed by atoms with Crippen molar-refractivity contribution in [2.45, 2.75) is 44.2 Å². The van der Waals surface area contributed by atoms with Crippen molar-refractivity contribution in [3.05, 3.63) is 28.2 Å². The quantitative estimate of drug-likeness (QED) is 0.790. The summed E-state index contributed by atoms with van der Waals surface area (Å²) in [6.07, 6.45) is 4.63. The minimum atomic E-state index is -0.00674. The molecule has 0 amide bonds. The van der Waals surface area contributed by atoms with Crippen molar-refractivity contribution in [1.82, 2.24) is 0 Å². The third-order valence-corrected chi connectivity index (χ3v) is 4.88. The highest BCUT2D eigenvalue weighted by Gasteiger charge is 2.46. The zero-order chi connectivity index (χ0) is 12.0. The van der Waals surface area contributed by atoms with Gasteiger partial charge in [-0.15, -0.1) is 0 Å². The fourth-order valence-electron chi connectivity index (χ4n) is 3.32. The number of nitrogens with two attached hydrogens (primary N) is 1. The van der Waals surface area contributed by atoms with E-state index in [1.54, 1.807) is 0 Å². The monoisotopic (exact) mass is 295 g/mol. The van der Waals surface area contributed by atoms with E-state index in [-0.39, 0.29) is 11.6 Å². The Bertz CT molecular complexity index is 448. The van der Waals surface area contributed by atoms with Crippen LogP contribution in [0.1, 0.15) is 44.2 Å². The molecule has 2 unspecified atom stereocenters. The second-order valence-corrected chi connectivity index (χ2v) is 6.37. The summed E-state index contributed by atoms with van der Waals surface area (Å²) in [6, 6.07) is 6.29. The fourth-order valence-corrected chi connectivity index (χ4v) is 3.66. The number of hydrogen-bond acceptors (Lipinski definition) is 2. The van der Waals surface area contributed by atoms with Crippen molar-refractivity contribution in [1.29, 1.82) is 0 Å². The Balaban J connectivity index is 2.02. The molecule has 2 N–H and O–H groups in total. The van der Waals surface area contributed by atoms with Crippen molar-refractivity contribution in [3.63, 3.8) is 0 Å². The first-order chi connectivity index (χ1) is 8.11. The van der Waals surface area contributed by atoms with Crippen molar-refractivity contribution >= 4 is 15.9 Å². The molecule has 17 heavy (non-hydrogen) atoms. The van der Waals surface area contributed by atoms with E-state index >= 15 is 0 Å². The Kier molecular flexibility index (Phi) is 2.71. The predicted molar refractivity (Wildman–Crippen MR) is 72.1 cm³/mol. The summed E-state index contributed by atoms with van der Waals surface area (Å²) in [4.78, 5) is 0. The lowest BCUT2D eigenvalue weighted by molar-refractivity contribution is 0.00661. The predicted octanol–water partition coefficient (Wildman–Crippen LogP) is 3.79. The lowest BCUT2D eigenvalue weighted by Gasteiger charge is -2.41. The minimum Gasteiger partial charge on any atom is -0.487 e. The van der Waals surface area contributed by atoms with Crippen LogP contribution in [0.2, 0.25) is 0 Å². The van der Waals surface area contributed by atoms with Gasteiger partial charge < -0.3 is 10.5 Å². The van der Waals surface area contributed by atoms with Crippen LogP contribution in [0.4, 0.5) is 0 Å². The van der Waals surface area contributed by atoms with Gasteiger partial charge in [-0.05, 0) is 37.3 Å². The molecule has 2 nitrogen and oxygen atoms in total. The van der Waals surface area contributed by atoms with Crippen molar-refractivity contribution in [2.75, 3.05) is 0 Å². The van der Waals surface area contributed by atoms with Gasteiger partial charge in [0.2, 0.25) is 0 Å². The SMILES string of the molecule is CC1CCCC12C[C@@H](N)c1ccc(Br)cc1O2. The highest BCUT2D eigenvalue weighted by Crippen LogP contribution is 2.49. The van der Waals surface area contributed by atoms with E-state index in [1.165, 1.54) is 12.8 Å². The number of halogens is 1. The van der Waals surface area contributed by atoms with Crippen molar-refractivity contribution < 1.29 is 4.74 Å². The average molecular weight is 296 g/mol. The third-order valence-electron chi connectivity index (χ3n) is 4.39. The summed E-state index contributed by atoms with van der Waals surface area (Å²) >= 11 is 3.50. The summed E-state index contributed by atoms with van der Waals surface area (Å²) in [6.45, 7) is 2.29. The fraction of sp³-hybridized carbons (Fsp3) is 0.571. The molecule has 0 radical (unpaired) electrons. The van der Waals surface area contributed by atoms with Gasteiger partial charge in [-0.3, -0.25) is 0 Å². The summed E-state index contributed by atoms with van der Waals surface area (Å²) in [7, 11) is 0. The topological polar surface area (TPSA) is 35.2 Å². The van der Waals surface area contributed by atoms with E-state index in [9.17, 15) is 0 Å². The lowest BCUT2D eigenvalue weighted by Crippen LogP contribution is -2.44. The maximum Gasteiger partial charge on any atom is 0.126 e. The van der Waals surface area contributed by atoms with Crippen LogP contribution in [0.15, 0.2) is 22.7 Å². The first kappa shape index (κ1) is 11.5. The molecule has 0 bridgehead atoms. The highest BCUT2D eigenvalue weighted by atomic mass is 79.9. The number of rotatable bonds is 0. The molecule has 1 aliphatic carbocycles. The molecule has 0 aromatic heterocycles. The van der Waals surface area contributed by atoms with Gasteiger partial charge >= 0.3 is 0 Å². The maximum absolute atomic E-state index is 6.33. The molecule has 2 aliphatic rings. The molecule has 1 aromatic rings. The highest BCUT2D eigenvalue weighted by molar-refractivity contribution is 9.10. The average Bonchev–Trinajstić information content (AvgIpc) is 2.59. The Morgan fingerprint density at radius 1 is 1.47 bits per heavy atom. The van der Waals surface area contributed by atoms with Crippen LogP contribution in [0.3, 0.4) is 0 Å². The standard InChI is InChI=1S/C14H18BrNO/c1-9-3-2-6-14(9)8-12(16)11-5-4-10(15)7-13(11)17-14/h4-5,7,9,12H,2-3,6,8,16H2,1H3/t9?,12-,14?/m1/s1. The Morgan fingerprint density at radius 2 is 2.29 bits per heavy atom. The first-order valence-electron chi connectivity index (χ1n) is 6.35. The zero-order valence-electron chi connectivity index (χ0n) is 10.1. The minimum absolute atomic E-state index is 0.00674. The van der Waals surface area contributed by atoms with Crippen LogP contribution in [-0.2, 0) is 0 Å². The van der Waals surface area contributed by atoms with Crippen molar-refractivity contribution in [3.8, 4) is 5.75 Å². The Morgan fingerprint density at radius 3 is 3.00 bits per heavy atom. The smallest absolute Gasteiger partial charge is 0.126 e. The Labute approximate surface area is 111 Å². The number of fused-ring (bicyclic) bond motifs is 1. The lowest BCUT2D eigenvalue weighted by atomic mass is 9.81. The van der Waals surface area contributed by atoms with Crippen LogP contribution in [0.5, 0.6) is 5.75 Å². The Hall–Kier alpha value is -0.540. The van der Waals surface area contributed by atoms with E-state index < -0.39 is 0 Å². The summed E-state index contributed by atoms with van der Waals surface area (Å²) in [5, 5.41) is 0. The summed E-state index contributed by atoms with van der Waals surface area (Å²) in [5.74, 6) is 1.59. The van der Waals surface area contributed by atoms with E-state index in [1.807, 2.05) is 6.07 Å². The first-order valence-corrected chi connectivity index (χ1v) is 7.14. The van der Waals surface area contributed by atoms with Crippen LogP contribution < -0.4 is 10.5 Å². The van der Waals surface area contributed by atoms with Crippen LogP contribution in [0.25, 0.3) is 0 Å². The van der Waals surface area contributed by atoms with Gasteiger partial charge in [0.1, 0.15) is 11.4 Å². The largest absolute Gasteiger partial charge is 0.487 e. The maximum atomic E-state index is 6.33. The summed E-state index contributed by atoms with van der Waals surface area (Å²) in [5.41, 5.74) is 7.46. The molecule has 1 heterocycles. The van der Waals surface area contributed by atoms with Gasteiger partial charge in [-0.2, -0.15) is 0 Å². The zero-order valence-corrected chi connectivity index (χ0v) is 11.7. The molecule has 1 spiro atoms. The molecule has 92 valence electrons. The molecular formula is C14H18BrNO. The normalized spacial score (nSPS) is 35.7. The van der Waals surface area contributed by atoms with Crippen LogP contribution in [0, 0.1) is 5.92 Å². The van der Waals surface area contributed by atoms with Gasteiger partial charge in [-0.25, -0.2) is 0 Å². The molecule has 3 heteroatoms. The van der Waals surface area contributed by atoms with E-state index in [0.717, 1.165) is 28.6 Å². The van der Waals surface area contributed by atoms with Crippen LogP contribution in [-0.4, -0.2) is 5.60 Å². The second-order valence-electron chi connectivity index (χ2n) is 5.45. The van der Waals surface area contributed by atoms with E-state index in [4.69, 9.17) is 10.5 Å². The molecule has 3 rings (SSSR count). The number of ether oxygens (including phenoxy) is 1. The van der Waals surface area contributed by atoms with Crippen LogP contribution >= 0.6 is 15.9 Å². The molecular weight excluding hydrogens is 278 g/mol. The molecule has 3 atom stereocenters. The number of benzene rings is 1. The van der Waals surface area contributed by atoms with Crippen molar-refractivity contribution in [2.24, 2.45) is 11.7 Å².